The van der Waals surface area contributed by atoms with Crippen LogP contribution in [0.1, 0.15) is 25.1 Å². The Labute approximate surface area is 216 Å². The second-order valence-corrected chi connectivity index (χ2v) is 11.0. The van der Waals surface area contributed by atoms with Gasteiger partial charge in [-0.2, -0.15) is 0 Å². The minimum atomic E-state index is -3.83. The smallest absolute Gasteiger partial charge is 0.228 e. The number of anilines is 1. The zero-order valence-corrected chi connectivity index (χ0v) is 22.1. The molecule has 1 heterocycles. The van der Waals surface area contributed by atoms with E-state index in [1.807, 2.05) is 18.7 Å². The fraction of sp³-hybridized carbons (Fsp3) is 0.360. The van der Waals surface area contributed by atoms with Crippen LogP contribution < -0.4 is 5.32 Å². The molecule has 7 nitrogen and oxygen atoms in total. The van der Waals surface area contributed by atoms with Crippen molar-refractivity contribution in [3.05, 3.63) is 77.6 Å². The van der Waals surface area contributed by atoms with E-state index in [1.54, 1.807) is 16.7 Å². The summed E-state index contributed by atoms with van der Waals surface area (Å²) >= 11 is 5.63. The molecule has 0 atom stereocenters. The summed E-state index contributed by atoms with van der Waals surface area (Å²) in [7, 11) is -2.29. The van der Waals surface area contributed by atoms with Gasteiger partial charge < -0.3 is 19.5 Å². The molecule has 0 aliphatic heterocycles. The molecule has 0 fully saturated rings. The summed E-state index contributed by atoms with van der Waals surface area (Å²) in [6.07, 6.45) is 1.53. The van der Waals surface area contributed by atoms with Crippen LogP contribution in [0, 0.1) is 17.6 Å². The molecule has 1 aromatic heterocycles. The van der Waals surface area contributed by atoms with Gasteiger partial charge in [0, 0.05) is 25.9 Å². The minimum absolute atomic E-state index is 0.0826. The molecular formula is C25H30F2N4O3S2. The van der Waals surface area contributed by atoms with Crippen molar-refractivity contribution in [2.24, 2.45) is 5.92 Å². The third-order valence-electron chi connectivity index (χ3n) is 5.29. The molecule has 0 aliphatic rings. The number of methoxy groups -OCH3 is 1. The van der Waals surface area contributed by atoms with Crippen molar-refractivity contribution in [2.75, 3.05) is 25.6 Å². The average molecular weight is 537 g/mol. The number of ether oxygens (including phenoxy) is 1. The van der Waals surface area contributed by atoms with E-state index in [0.717, 1.165) is 0 Å². The molecule has 3 aromatic rings. The third-order valence-corrected chi connectivity index (χ3v) is 7.25. The highest BCUT2D eigenvalue weighted by Crippen LogP contribution is 2.20. The summed E-state index contributed by atoms with van der Waals surface area (Å²) in [5.41, 5.74) is 1.75. The monoisotopic (exact) mass is 536 g/mol. The largest absolute Gasteiger partial charge is 0.383 e. The van der Waals surface area contributed by atoms with Gasteiger partial charge in [-0.15, -0.1) is 0 Å². The van der Waals surface area contributed by atoms with Crippen LogP contribution in [-0.2, 0) is 33.4 Å². The van der Waals surface area contributed by atoms with Crippen molar-refractivity contribution >= 4 is 32.9 Å². The van der Waals surface area contributed by atoms with Crippen molar-refractivity contribution in [3.8, 4) is 0 Å². The van der Waals surface area contributed by atoms with E-state index >= 15 is 0 Å². The van der Waals surface area contributed by atoms with Crippen molar-refractivity contribution < 1.29 is 21.9 Å². The molecule has 0 amide bonds. The summed E-state index contributed by atoms with van der Waals surface area (Å²) in [5, 5.41) is 3.46. The molecule has 3 rings (SSSR count). The van der Waals surface area contributed by atoms with Crippen LogP contribution in [-0.4, -0.2) is 48.2 Å². The molecule has 2 aromatic carbocycles. The van der Waals surface area contributed by atoms with Crippen molar-refractivity contribution in [2.45, 2.75) is 37.8 Å². The number of aromatic nitrogens is 2. The van der Waals surface area contributed by atoms with Crippen LogP contribution in [0.5, 0.6) is 0 Å². The predicted molar refractivity (Wildman–Crippen MR) is 139 cm³/mol. The van der Waals surface area contributed by atoms with Crippen molar-refractivity contribution in [3.63, 3.8) is 0 Å². The minimum Gasteiger partial charge on any atom is -0.383 e. The van der Waals surface area contributed by atoms with Gasteiger partial charge >= 0.3 is 0 Å². The number of hydrogen-bond donors (Lipinski definition) is 1. The van der Waals surface area contributed by atoms with Crippen LogP contribution in [0.4, 0.5) is 14.5 Å². The molecule has 0 saturated heterocycles. The summed E-state index contributed by atoms with van der Waals surface area (Å²) < 4.78 is 59.9. The van der Waals surface area contributed by atoms with Gasteiger partial charge in [0.25, 0.3) is 0 Å². The second kappa shape index (κ2) is 12.4. The molecule has 1 N–H and O–H groups in total. The zero-order valence-electron chi connectivity index (χ0n) is 20.4. The maximum atomic E-state index is 13.3. The fourth-order valence-electron chi connectivity index (χ4n) is 3.64. The lowest BCUT2D eigenvalue weighted by Crippen LogP contribution is -2.37. The fourth-order valence-corrected chi connectivity index (χ4v) is 5.42. The lowest BCUT2D eigenvalue weighted by Gasteiger charge is -2.28. The summed E-state index contributed by atoms with van der Waals surface area (Å²) in [6, 6.07) is 11.2. The Hall–Kier alpha value is -2.89. The molecule has 0 saturated carbocycles. The van der Waals surface area contributed by atoms with E-state index in [0.29, 0.717) is 35.1 Å². The molecule has 0 bridgehead atoms. The Morgan fingerprint density at radius 1 is 1.11 bits per heavy atom. The first kappa shape index (κ1) is 27.7. The molecule has 0 radical (unpaired) electrons. The Balaban J connectivity index is 1.88. The zero-order chi connectivity index (χ0) is 26.3. The standard InChI is InChI=1S/C25H30F2N4O3S2/c1-18(2)15-30(24(35)29-22-10-8-21(27)9-11-22)16-23-14-28-25(31(23)12-13-34-3)36(32,33)17-19-4-6-20(26)7-5-19/h4-11,14,18H,12-13,15-17H2,1-3H3,(H,29,35). The Kier molecular flexibility index (Phi) is 9.52. The van der Waals surface area contributed by atoms with Crippen molar-refractivity contribution in [1.29, 1.82) is 0 Å². The number of rotatable bonds is 11. The second-order valence-electron chi connectivity index (χ2n) is 8.77. The predicted octanol–water partition coefficient (Wildman–Crippen LogP) is 4.64. The van der Waals surface area contributed by atoms with E-state index < -0.39 is 15.7 Å². The van der Waals surface area contributed by atoms with Gasteiger partial charge in [0.1, 0.15) is 11.6 Å². The van der Waals surface area contributed by atoms with Gasteiger partial charge in [-0.05, 0) is 60.1 Å². The van der Waals surface area contributed by atoms with E-state index in [-0.39, 0.29) is 35.8 Å². The molecule has 11 heteroatoms. The summed E-state index contributed by atoms with van der Waals surface area (Å²) in [4.78, 5) is 6.17. The molecular weight excluding hydrogens is 506 g/mol. The maximum absolute atomic E-state index is 13.3. The number of thiocarbonyl (C=S) groups is 1. The number of sulfone groups is 1. The molecule has 0 spiro atoms. The van der Waals surface area contributed by atoms with Crippen LogP contribution >= 0.6 is 12.2 Å². The molecule has 36 heavy (non-hydrogen) atoms. The normalized spacial score (nSPS) is 11.6. The topological polar surface area (TPSA) is 76.5 Å². The van der Waals surface area contributed by atoms with Gasteiger partial charge in [-0.25, -0.2) is 22.2 Å². The highest BCUT2D eigenvalue weighted by Gasteiger charge is 2.25. The van der Waals surface area contributed by atoms with Crippen LogP contribution in [0.15, 0.2) is 59.9 Å². The van der Waals surface area contributed by atoms with E-state index in [2.05, 4.69) is 10.3 Å². The maximum Gasteiger partial charge on any atom is 0.228 e. The molecule has 194 valence electrons. The van der Waals surface area contributed by atoms with Crippen LogP contribution in [0.2, 0.25) is 0 Å². The molecule has 0 unspecified atom stereocenters. The van der Waals surface area contributed by atoms with E-state index in [9.17, 15) is 17.2 Å². The van der Waals surface area contributed by atoms with E-state index in [4.69, 9.17) is 17.0 Å². The van der Waals surface area contributed by atoms with Gasteiger partial charge in [0.05, 0.1) is 30.8 Å². The lowest BCUT2D eigenvalue weighted by molar-refractivity contribution is 0.182. The first-order chi connectivity index (χ1) is 17.1. The van der Waals surface area contributed by atoms with Gasteiger partial charge in [0.15, 0.2) is 5.11 Å². The first-order valence-electron chi connectivity index (χ1n) is 11.4. The van der Waals surface area contributed by atoms with Crippen molar-refractivity contribution in [1.82, 2.24) is 14.5 Å². The van der Waals surface area contributed by atoms with E-state index in [1.165, 1.54) is 49.7 Å². The Morgan fingerprint density at radius 2 is 1.72 bits per heavy atom. The van der Waals surface area contributed by atoms with Crippen LogP contribution in [0.3, 0.4) is 0 Å². The van der Waals surface area contributed by atoms with Gasteiger partial charge in [0.2, 0.25) is 15.0 Å². The molecule has 0 aliphatic carbocycles. The summed E-state index contributed by atoms with van der Waals surface area (Å²) in [6.45, 7) is 5.55. The number of nitrogens with one attached hydrogen (secondary N) is 1. The average Bonchev–Trinajstić information content (AvgIpc) is 3.23. The number of hydrogen-bond acceptors (Lipinski definition) is 5. The highest BCUT2D eigenvalue weighted by atomic mass is 32.2. The first-order valence-corrected chi connectivity index (χ1v) is 13.5. The Morgan fingerprint density at radius 3 is 2.31 bits per heavy atom. The SMILES string of the molecule is COCCn1c(CN(CC(C)C)C(=S)Nc2ccc(F)cc2)cnc1S(=O)(=O)Cc1ccc(F)cc1. The third kappa shape index (κ3) is 7.55. The van der Waals surface area contributed by atoms with Gasteiger partial charge in [-0.3, -0.25) is 0 Å². The quantitative estimate of drug-likeness (QED) is 0.358. The lowest BCUT2D eigenvalue weighted by atomic mass is 10.2. The summed E-state index contributed by atoms with van der Waals surface area (Å²) in [5.74, 6) is -0.829. The number of benzene rings is 2. The highest BCUT2D eigenvalue weighted by molar-refractivity contribution is 7.90. The number of halogens is 2. The van der Waals surface area contributed by atoms with Gasteiger partial charge in [-0.1, -0.05) is 26.0 Å². The van der Waals surface area contributed by atoms with Crippen LogP contribution in [0.25, 0.3) is 0 Å². The number of nitrogens with zero attached hydrogens (tertiary/aromatic N) is 3. The number of imidazole rings is 1. The Bertz CT molecular complexity index is 1260.